The first-order valence-electron chi connectivity index (χ1n) is 10.7. The first-order chi connectivity index (χ1) is 15.3. The lowest BCUT2D eigenvalue weighted by atomic mass is 9.88. The fourth-order valence-electron chi connectivity index (χ4n) is 4.85. The van der Waals surface area contributed by atoms with Crippen LogP contribution in [0.4, 0.5) is 18.0 Å². The zero-order chi connectivity index (χ0) is 22.6. The summed E-state index contributed by atoms with van der Waals surface area (Å²) < 4.78 is 39.3. The van der Waals surface area contributed by atoms with Crippen LogP contribution in [0.25, 0.3) is 10.9 Å². The highest BCUT2D eigenvalue weighted by Gasteiger charge is 2.52. The average Bonchev–Trinajstić information content (AvgIpc) is 3.26. The van der Waals surface area contributed by atoms with Gasteiger partial charge in [-0.1, -0.05) is 43.7 Å². The molecular weight excluding hydrogens is 419 g/mol. The third kappa shape index (κ3) is 3.08. The number of hydrogen-bond acceptors (Lipinski definition) is 2. The van der Waals surface area contributed by atoms with Crippen LogP contribution < -0.4 is 0 Å². The van der Waals surface area contributed by atoms with Crippen molar-refractivity contribution >= 4 is 22.8 Å². The van der Waals surface area contributed by atoms with Crippen molar-refractivity contribution in [3.8, 4) is 0 Å². The fraction of sp³-hybridized carbons (Fsp3) is 0.333. The highest BCUT2D eigenvalue weighted by molar-refractivity contribution is 6.05. The zero-order valence-corrected chi connectivity index (χ0v) is 17.4. The second-order valence-corrected chi connectivity index (χ2v) is 8.34. The highest BCUT2D eigenvalue weighted by Crippen LogP contribution is 2.44. The number of rotatable bonds is 4. The Morgan fingerprint density at radius 1 is 1.06 bits per heavy atom. The van der Waals surface area contributed by atoms with Gasteiger partial charge in [0.25, 0.3) is 5.91 Å². The van der Waals surface area contributed by atoms with Crippen LogP contribution >= 0.6 is 0 Å². The molecule has 0 unspecified atom stereocenters. The molecule has 2 aliphatic rings. The summed E-state index contributed by atoms with van der Waals surface area (Å²) in [6.45, 7) is 2.33. The van der Waals surface area contributed by atoms with E-state index in [1.807, 2.05) is 31.2 Å². The topological polar surface area (TPSA) is 56.4 Å². The highest BCUT2D eigenvalue weighted by atomic mass is 19.4. The standard InChI is InChI=1S/C24H22F3N3O2/c1-2-3-12-29-22(31)19-13-17-16-6-4-5-7-18(16)28-20(17)21(30(19)23(29)32)14-8-10-15(11-9-14)24(25,26)27/h4-11,19,21,28H,2-3,12-13H2,1H3/t19-,21+/m1/s1. The number of fused-ring (bicyclic) bond motifs is 4. The number of aromatic nitrogens is 1. The molecule has 5 nitrogen and oxygen atoms in total. The average molecular weight is 441 g/mol. The minimum absolute atomic E-state index is 0.240. The van der Waals surface area contributed by atoms with E-state index < -0.39 is 23.8 Å². The Morgan fingerprint density at radius 2 is 1.78 bits per heavy atom. The molecule has 0 bridgehead atoms. The van der Waals surface area contributed by atoms with Crippen molar-refractivity contribution in [1.82, 2.24) is 14.8 Å². The predicted octanol–water partition coefficient (Wildman–Crippen LogP) is 5.27. The number of aromatic amines is 1. The van der Waals surface area contributed by atoms with E-state index in [2.05, 4.69) is 4.98 Å². The molecule has 0 saturated carbocycles. The lowest BCUT2D eigenvalue weighted by Crippen LogP contribution is -2.44. The fourth-order valence-corrected chi connectivity index (χ4v) is 4.85. The van der Waals surface area contributed by atoms with E-state index in [0.717, 1.165) is 40.7 Å². The molecule has 0 radical (unpaired) electrons. The number of H-pyrrole nitrogens is 1. The summed E-state index contributed by atoms with van der Waals surface area (Å²) in [5.41, 5.74) is 2.34. The molecule has 1 fully saturated rings. The van der Waals surface area contributed by atoms with Crippen LogP contribution in [-0.4, -0.2) is 39.3 Å². The molecule has 0 spiro atoms. The summed E-state index contributed by atoms with van der Waals surface area (Å²) >= 11 is 0. The van der Waals surface area contributed by atoms with E-state index in [-0.39, 0.29) is 11.9 Å². The third-order valence-corrected chi connectivity index (χ3v) is 6.42. The number of nitrogens with one attached hydrogen (secondary N) is 1. The van der Waals surface area contributed by atoms with Gasteiger partial charge in [-0.05, 0) is 35.7 Å². The monoisotopic (exact) mass is 441 g/mol. The van der Waals surface area contributed by atoms with E-state index in [1.54, 1.807) is 0 Å². The van der Waals surface area contributed by atoms with E-state index >= 15 is 0 Å². The second-order valence-electron chi connectivity index (χ2n) is 8.34. The first-order valence-corrected chi connectivity index (χ1v) is 10.7. The van der Waals surface area contributed by atoms with Crippen LogP contribution in [0.15, 0.2) is 48.5 Å². The number of unbranched alkanes of at least 4 members (excludes halogenated alkanes) is 1. The van der Waals surface area contributed by atoms with Gasteiger partial charge in [-0.2, -0.15) is 13.2 Å². The molecule has 5 rings (SSSR count). The lowest BCUT2D eigenvalue weighted by molar-refractivity contribution is -0.137. The van der Waals surface area contributed by atoms with Crippen molar-refractivity contribution in [3.05, 3.63) is 70.9 Å². The molecule has 166 valence electrons. The van der Waals surface area contributed by atoms with Gasteiger partial charge in [0.15, 0.2) is 0 Å². The number of benzene rings is 2. The molecule has 1 saturated heterocycles. The SMILES string of the molecule is CCCCN1C(=O)[C@H]2Cc3c([nH]c4ccccc34)[C@H](c3ccc(C(F)(F)F)cc3)N2C1=O. The maximum Gasteiger partial charge on any atom is 0.416 e. The third-order valence-electron chi connectivity index (χ3n) is 6.42. The molecule has 1 N–H and O–H groups in total. The number of alkyl halides is 3. The van der Waals surface area contributed by atoms with Crippen molar-refractivity contribution in [1.29, 1.82) is 0 Å². The number of carbonyl (C=O) groups is 2. The number of halogens is 3. The number of hydrogen-bond donors (Lipinski definition) is 1. The van der Waals surface area contributed by atoms with E-state index in [4.69, 9.17) is 0 Å². The minimum atomic E-state index is -4.45. The minimum Gasteiger partial charge on any atom is -0.356 e. The summed E-state index contributed by atoms with van der Waals surface area (Å²) in [5, 5.41) is 0.964. The van der Waals surface area contributed by atoms with Gasteiger partial charge in [0.1, 0.15) is 12.1 Å². The molecule has 0 aliphatic carbocycles. The summed E-state index contributed by atoms with van der Waals surface area (Å²) in [6, 6.07) is 10.8. The molecule has 2 atom stereocenters. The Balaban J connectivity index is 1.65. The van der Waals surface area contributed by atoms with Crippen molar-refractivity contribution in [2.24, 2.45) is 0 Å². The zero-order valence-electron chi connectivity index (χ0n) is 17.4. The maximum atomic E-state index is 13.3. The van der Waals surface area contributed by atoms with Gasteiger partial charge in [0, 0.05) is 29.6 Å². The Hall–Kier alpha value is -3.29. The van der Waals surface area contributed by atoms with Gasteiger partial charge >= 0.3 is 12.2 Å². The molecule has 32 heavy (non-hydrogen) atoms. The number of imide groups is 1. The van der Waals surface area contributed by atoms with Gasteiger partial charge in [0.05, 0.1) is 5.56 Å². The molecule has 3 heterocycles. The summed E-state index contributed by atoms with van der Waals surface area (Å²) in [6.07, 6.45) is -2.52. The van der Waals surface area contributed by atoms with Crippen LogP contribution in [0, 0.1) is 0 Å². The maximum absolute atomic E-state index is 13.3. The van der Waals surface area contributed by atoms with E-state index in [1.165, 1.54) is 21.9 Å². The molecule has 8 heteroatoms. The molecule has 2 aromatic carbocycles. The van der Waals surface area contributed by atoms with Gasteiger partial charge in [-0.3, -0.25) is 14.6 Å². The molecule has 2 aliphatic heterocycles. The summed E-state index contributed by atoms with van der Waals surface area (Å²) in [5.74, 6) is -0.240. The van der Waals surface area contributed by atoms with Crippen molar-refractivity contribution in [2.45, 2.75) is 44.4 Å². The normalized spacial score (nSPS) is 20.8. The van der Waals surface area contributed by atoms with Crippen LogP contribution in [0.2, 0.25) is 0 Å². The lowest BCUT2D eigenvalue weighted by Gasteiger charge is -2.36. The van der Waals surface area contributed by atoms with E-state index in [9.17, 15) is 22.8 Å². The van der Waals surface area contributed by atoms with Crippen LogP contribution in [-0.2, 0) is 17.4 Å². The van der Waals surface area contributed by atoms with Gasteiger partial charge in [-0.15, -0.1) is 0 Å². The second kappa shape index (κ2) is 7.39. The predicted molar refractivity (Wildman–Crippen MR) is 113 cm³/mol. The quantitative estimate of drug-likeness (QED) is 0.561. The van der Waals surface area contributed by atoms with Crippen LogP contribution in [0.5, 0.6) is 0 Å². The Kier molecular flexibility index (Phi) is 4.76. The number of nitrogens with zero attached hydrogens (tertiary/aromatic N) is 2. The Bertz CT molecular complexity index is 1200. The molecule has 3 aromatic rings. The molecule has 1 aromatic heterocycles. The van der Waals surface area contributed by atoms with Crippen LogP contribution in [0.1, 0.15) is 48.2 Å². The van der Waals surface area contributed by atoms with Crippen molar-refractivity contribution in [2.75, 3.05) is 6.54 Å². The Labute approximate surface area is 182 Å². The van der Waals surface area contributed by atoms with Gasteiger partial charge < -0.3 is 4.98 Å². The number of para-hydroxylation sites is 1. The number of amides is 3. The van der Waals surface area contributed by atoms with E-state index in [0.29, 0.717) is 24.9 Å². The first kappa shape index (κ1) is 20.6. The molecular formula is C24H22F3N3O2. The van der Waals surface area contributed by atoms with Crippen molar-refractivity contribution in [3.63, 3.8) is 0 Å². The number of carbonyl (C=O) groups excluding carboxylic acids is 2. The molecule has 3 amide bonds. The van der Waals surface area contributed by atoms with Crippen molar-refractivity contribution < 1.29 is 22.8 Å². The van der Waals surface area contributed by atoms with Gasteiger partial charge in [0.2, 0.25) is 0 Å². The summed E-state index contributed by atoms with van der Waals surface area (Å²) in [4.78, 5) is 32.7. The van der Waals surface area contributed by atoms with Crippen LogP contribution in [0.3, 0.4) is 0 Å². The smallest absolute Gasteiger partial charge is 0.356 e. The Morgan fingerprint density at radius 3 is 2.47 bits per heavy atom. The largest absolute Gasteiger partial charge is 0.416 e. The number of urea groups is 1. The summed E-state index contributed by atoms with van der Waals surface area (Å²) in [7, 11) is 0. The van der Waals surface area contributed by atoms with Gasteiger partial charge in [-0.25, -0.2) is 4.79 Å².